The summed E-state index contributed by atoms with van der Waals surface area (Å²) in [5.41, 5.74) is 0. The van der Waals surface area contributed by atoms with Crippen LogP contribution in [0.25, 0.3) is 0 Å². The largest absolute Gasteiger partial charge is 0.427 e. The van der Waals surface area contributed by atoms with Gasteiger partial charge in [0.2, 0.25) is 0 Å². The molecule has 5 heteroatoms. The summed E-state index contributed by atoms with van der Waals surface area (Å²) in [7, 11) is -4.48. The van der Waals surface area contributed by atoms with Gasteiger partial charge in [-0.15, -0.1) is 0 Å². The Morgan fingerprint density at radius 2 is 1.18 bits per heavy atom. The fraction of sp³-hybridized carbons (Fsp3) is 1.00. The standard InChI is InChI=1S/C12H25O4S/c1-2-3-4-5-6-7-8-9-10-11-12-16-17(13,14)15/h2-12H2,1H3. The summed E-state index contributed by atoms with van der Waals surface area (Å²) in [4.78, 5) is 0. The Morgan fingerprint density at radius 3 is 1.59 bits per heavy atom. The zero-order chi connectivity index (χ0) is 13.0. The van der Waals surface area contributed by atoms with Crippen molar-refractivity contribution in [1.29, 1.82) is 0 Å². The molecule has 0 fully saturated rings. The maximum atomic E-state index is 10.1. The summed E-state index contributed by atoms with van der Waals surface area (Å²) in [6.07, 6.45) is 11.7. The molecule has 0 aromatic carbocycles. The third kappa shape index (κ3) is 15.9. The van der Waals surface area contributed by atoms with E-state index in [-0.39, 0.29) is 6.61 Å². The highest BCUT2D eigenvalue weighted by atomic mass is 32.3. The lowest BCUT2D eigenvalue weighted by molar-refractivity contribution is 0.238. The zero-order valence-corrected chi connectivity index (χ0v) is 11.6. The Labute approximate surface area is 106 Å². The molecule has 4 nitrogen and oxygen atoms in total. The van der Waals surface area contributed by atoms with E-state index in [0.29, 0.717) is 6.42 Å². The topological polar surface area (TPSA) is 63.3 Å². The Morgan fingerprint density at radius 1 is 0.765 bits per heavy atom. The molecule has 0 bridgehead atoms. The van der Waals surface area contributed by atoms with Crippen LogP contribution in [0.3, 0.4) is 0 Å². The monoisotopic (exact) mass is 265 g/mol. The summed E-state index contributed by atoms with van der Waals surface area (Å²) in [6.45, 7) is 2.24. The maximum absolute atomic E-state index is 10.1. The van der Waals surface area contributed by atoms with Gasteiger partial charge in [-0.05, 0) is 6.42 Å². The molecule has 0 aromatic heterocycles. The third-order valence-electron chi connectivity index (χ3n) is 2.73. The molecule has 0 aliphatic carbocycles. The summed E-state index contributed by atoms with van der Waals surface area (Å²) in [6, 6.07) is 0. The number of rotatable bonds is 12. The van der Waals surface area contributed by atoms with Crippen LogP contribution in [0.5, 0.6) is 0 Å². The van der Waals surface area contributed by atoms with Crippen molar-refractivity contribution in [2.24, 2.45) is 0 Å². The summed E-state index contributed by atoms with van der Waals surface area (Å²) in [5.74, 6) is 0. The smallest absolute Gasteiger partial charge is 0.246 e. The number of unbranched alkanes of at least 4 members (excludes halogenated alkanes) is 9. The van der Waals surface area contributed by atoms with Gasteiger partial charge in [0.05, 0.1) is 6.61 Å². The SMILES string of the molecule is CCCCCCCCCCCCOS([O])(=O)=O. The van der Waals surface area contributed by atoms with Crippen molar-refractivity contribution in [3.8, 4) is 0 Å². The van der Waals surface area contributed by atoms with E-state index in [0.717, 1.165) is 12.8 Å². The van der Waals surface area contributed by atoms with Crippen molar-refractivity contribution in [2.75, 3.05) is 6.61 Å². The predicted octanol–water partition coefficient (Wildman–Crippen LogP) is 3.60. The van der Waals surface area contributed by atoms with Gasteiger partial charge in [-0.3, -0.25) is 0 Å². The summed E-state index contributed by atoms with van der Waals surface area (Å²) < 4.78 is 34.5. The molecule has 0 heterocycles. The van der Waals surface area contributed by atoms with Gasteiger partial charge in [0.1, 0.15) is 0 Å². The fourth-order valence-corrected chi connectivity index (χ4v) is 2.07. The molecular weight excluding hydrogens is 240 g/mol. The van der Waals surface area contributed by atoms with Crippen molar-refractivity contribution < 1.29 is 17.2 Å². The molecule has 0 saturated heterocycles. The molecule has 1 radical (unpaired) electrons. The van der Waals surface area contributed by atoms with E-state index in [1.165, 1.54) is 44.9 Å². The molecule has 103 valence electrons. The minimum atomic E-state index is -4.48. The quantitative estimate of drug-likeness (QED) is 0.506. The van der Waals surface area contributed by atoms with Gasteiger partial charge in [-0.25, -0.2) is 4.18 Å². The Bertz CT molecular complexity index is 249. The molecule has 0 spiro atoms. The molecule has 0 atom stereocenters. The van der Waals surface area contributed by atoms with E-state index in [1.54, 1.807) is 0 Å². The van der Waals surface area contributed by atoms with Crippen LogP contribution in [0.4, 0.5) is 0 Å². The molecule has 0 aromatic rings. The van der Waals surface area contributed by atoms with Gasteiger partial charge in [0.15, 0.2) is 0 Å². The first-order chi connectivity index (χ1) is 8.06. The Balaban J connectivity index is 3.04. The van der Waals surface area contributed by atoms with Crippen molar-refractivity contribution >= 4 is 10.4 Å². The lowest BCUT2D eigenvalue weighted by Gasteiger charge is -2.01. The van der Waals surface area contributed by atoms with Crippen molar-refractivity contribution in [3.05, 3.63) is 0 Å². The minimum Gasteiger partial charge on any atom is -0.246 e. The van der Waals surface area contributed by atoms with Crippen LogP contribution >= 0.6 is 0 Å². The van der Waals surface area contributed by atoms with Crippen LogP contribution in [0.2, 0.25) is 0 Å². The first kappa shape index (κ1) is 16.9. The molecule has 0 aliphatic rings. The van der Waals surface area contributed by atoms with Crippen LogP contribution in [0, 0.1) is 0 Å². The van der Waals surface area contributed by atoms with E-state index in [2.05, 4.69) is 11.1 Å². The minimum absolute atomic E-state index is 0.0301. The van der Waals surface area contributed by atoms with Crippen LogP contribution in [0.15, 0.2) is 0 Å². The van der Waals surface area contributed by atoms with E-state index >= 15 is 0 Å². The highest BCUT2D eigenvalue weighted by molar-refractivity contribution is 7.80. The van der Waals surface area contributed by atoms with E-state index in [1.807, 2.05) is 0 Å². The van der Waals surface area contributed by atoms with Gasteiger partial charge in [-0.1, -0.05) is 69.3 Å². The van der Waals surface area contributed by atoms with Gasteiger partial charge >= 0.3 is 10.4 Å². The van der Waals surface area contributed by atoms with Crippen molar-refractivity contribution in [3.63, 3.8) is 0 Å². The zero-order valence-electron chi connectivity index (χ0n) is 10.8. The Hall–Kier alpha value is -0.130. The van der Waals surface area contributed by atoms with Crippen molar-refractivity contribution in [2.45, 2.75) is 71.1 Å². The first-order valence-corrected chi connectivity index (χ1v) is 8.00. The Kier molecular flexibility index (Phi) is 10.9. The molecule has 0 aliphatic heterocycles. The molecule has 0 unspecified atom stereocenters. The normalized spacial score (nSPS) is 11.9. The highest BCUT2D eigenvalue weighted by Crippen LogP contribution is 2.10. The van der Waals surface area contributed by atoms with E-state index < -0.39 is 10.4 Å². The second kappa shape index (κ2) is 11.0. The summed E-state index contributed by atoms with van der Waals surface area (Å²) >= 11 is 0. The molecule has 0 saturated carbocycles. The van der Waals surface area contributed by atoms with Gasteiger partial charge in [0.25, 0.3) is 0 Å². The lowest BCUT2D eigenvalue weighted by Crippen LogP contribution is -2.03. The number of hydrogen-bond acceptors (Lipinski definition) is 3. The third-order valence-corrected chi connectivity index (χ3v) is 3.18. The molecular formula is C12H25O4S. The maximum Gasteiger partial charge on any atom is 0.427 e. The average Bonchev–Trinajstić information content (AvgIpc) is 2.24. The summed E-state index contributed by atoms with van der Waals surface area (Å²) in [5, 5.41) is 0. The molecule has 0 rings (SSSR count). The van der Waals surface area contributed by atoms with E-state index in [4.69, 9.17) is 0 Å². The fourth-order valence-electron chi connectivity index (χ4n) is 1.75. The molecule has 0 N–H and O–H groups in total. The van der Waals surface area contributed by atoms with Crippen LogP contribution < -0.4 is 0 Å². The first-order valence-electron chi connectivity index (χ1n) is 6.66. The lowest BCUT2D eigenvalue weighted by atomic mass is 10.1. The van der Waals surface area contributed by atoms with Gasteiger partial charge in [-0.2, -0.15) is 8.42 Å². The number of hydrogen-bond donors (Lipinski definition) is 0. The second-order valence-electron chi connectivity index (χ2n) is 4.41. The van der Waals surface area contributed by atoms with Crippen molar-refractivity contribution in [1.82, 2.24) is 0 Å². The second-order valence-corrected chi connectivity index (χ2v) is 5.46. The van der Waals surface area contributed by atoms with E-state index in [9.17, 15) is 13.0 Å². The van der Waals surface area contributed by atoms with Gasteiger partial charge < -0.3 is 0 Å². The van der Waals surface area contributed by atoms with Crippen LogP contribution in [-0.2, 0) is 19.1 Å². The van der Waals surface area contributed by atoms with Crippen LogP contribution in [-0.4, -0.2) is 15.0 Å². The molecule has 17 heavy (non-hydrogen) atoms. The van der Waals surface area contributed by atoms with Crippen LogP contribution in [0.1, 0.15) is 71.1 Å². The highest BCUT2D eigenvalue weighted by Gasteiger charge is 2.05. The average molecular weight is 265 g/mol. The predicted molar refractivity (Wildman–Crippen MR) is 67.4 cm³/mol. The van der Waals surface area contributed by atoms with Gasteiger partial charge in [0, 0.05) is 0 Å². The molecule has 0 amide bonds.